The van der Waals surface area contributed by atoms with Gasteiger partial charge >= 0.3 is 6.03 Å². The average Bonchev–Trinajstić information content (AvgIpc) is 3.83. The van der Waals surface area contributed by atoms with Crippen LogP contribution in [0, 0.1) is 6.92 Å². The fourth-order valence-corrected chi connectivity index (χ4v) is 6.08. The van der Waals surface area contributed by atoms with E-state index in [0.717, 1.165) is 11.3 Å². The monoisotopic (exact) mass is 694 g/mol. The number of hydrogen-bond donors (Lipinski definition) is 2. The molecular weight excluding hydrogens is 656 g/mol. The minimum Gasteiger partial charge on any atom is -0.497 e. The molecule has 1 aliphatic heterocycles. The highest BCUT2D eigenvalue weighted by molar-refractivity contribution is 5.95. The maximum atomic E-state index is 14.1. The number of benzene rings is 1. The van der Waals surface area contributed by atoms with E-state index >= 15 is 0 Å². The second-order valence-electron chi connectivity index (χ2n) is 12.4. The fourth-order valence-electron chi connectivity index (χ4n) is 6.08. The molecule has 2 N–H and O–H groups in total. The SMILES string of the molecule is COc1ccc(CN(C)c2cc3nc4c2ncn4C(=O)N[C@H](C)[C@@H](c2cnn(C)n2)OCc2cc(c(=O)n(-c4cc(C)n(C)n4)c2)N3)c(OC)c1. The summed E-state index contributed by atoms with van der Waals surface area (Å²) >= 11 is 0. The Morgan fingerprint density at radius 1 is 1.06 bits per heavy atom. The van der Waals surface area contributed by atoms with E-state index in [4.69, 9.17) is 19.2 Å². The molecule has 6 aromatic rings. The number of hydrogen-bond acceptors (Lipinski definition) is 12. The van der Waals surface area contributed by atoms with E-state index < -0.39 is 18.2 Å². The van der Waals surface area contributed by atoms with Gasteiger partial charge in [0.1, 0.15) is 46.6 Å². The normalized spacial score (nSPS) is 16.1. The first kappa shape index (κ1) is 33.3. The van der Waals surface area contributed by atoms with E-state index in [2.05, 4.69) is 30.9 Å². The molecule has 1 aliphatic rings. The number of ether oxygens (including phenoxy) is 3. The van der Waals surface area contributed by atoms with Crippen LogP contribution in [-0.4, -0.2) is 77.2 Å². The Hall–Kier alpha value is -6.23. The Morgan fingerprint density at radius 3 is 2.59 bits per heavy atom. The number of amides is 1. The van der Waals surface area contributed by atoms with Crippen molar-refractivity contribution >= 4 is 34.4 Å². The van der Waals surface area contributed by atoms with Crippen molar-refractivity contribution in [1.82, 2.24) is 49.2 Å². The average molecular weight is 695 g/mol. The third-order valence-corrected chi connectivity index (χ3v) is 8.84. The first-order valence-electron chi connectivity index (χ1n) is 16.2. The molecule has 1 amide bonds. The molecule has 0 spiro atoms. The standard InChI is InChI=1S/C34H38N12O5/c1-19-10-29(41-43(19)4)45-15-21-11-24(33(45)47)38-28-13-26(42(3)16-22-8-9-23(49-6)12-27(22)50-7)30-32(39-28)46(18-35-30)34(48)37-20(2)31(51-17-21)25-14-36-44(5)40-25/h8-15,18,20,31H,16-17H2,1-7H3,(H,37,48)(H,38,39)/t20-,31+/m1/s1. The summed E-state index contributed by atoms with van der Waals surface area (Å²) in [5, 5.41) is 19.5. The number of nitrogens with zero attached hydrogens (tertiary/aromatic N) is 10. The van der Waals surface area contributed by atoms with Gasteiger partial charge in [-0.05, 0) is 37.6 Å². The van der Waals surface area contributed by atoms with Crippen LogP contribution in [0.15, 0.2) is 59.9 Å². The van der Waals surface area contributed by atoms with E-state index in [0.29, 0.717) is 52.1 Å². The van der Waals surface area contributed by atoms with Crippen LogP contribution in [0.5, 0.6) is 11.5 Å². The quantitative estimate of drug-likeness (QED) is 0.250. The largest absolute Gasteiger partial charge is 0.497 e. The second-order valence-corrected chi connectivity index (χ2v) is 12.4. The zero-order chi connectivity index (χ0) is 36.0. The number of imidazole rings is 1. The number of aromatic nitrogens is 9. The lowest BCUT2D eigenvalue weighted by Crippen LogP contribution is -2.40. The zero-order valence-corrected chi connectivity index (χ0v) is 29.3. The summed E-state index contributed by atoms with van der Waals surface area (Å²) in [7, 11) is 8.63. The van der Waals surface area contributed by atoms with E-state index in [1.807, 2.05) is 57.1 Å². The molecule has 0 radical (unpaired) electrons. The van der Waals surface area contributed by atoms with Crippen molar-refractivity contribution in [3.05, 3.63) is 88.0 Å². The third-order valence-electron chi connectivity index (χ3n) is 8.84. The molecule has 0 fully saturated rings. The van der Waals surface area contributed by atoms with Gasteiger partial charge in [-0.2, -0.15) is 20.1 Å². The lowest BCUT2D eigenvalue weighted by Gasteiger charge is -2.25. The molecule has 6 heterocycles. The molecule has 4 bridgehead atoms. The highest BCUT2D eigenvalue weighted by Gasteiger charge is 2.28. The maximum absolute atomic E-state index is 14.1. The minimum absolute atomic E-state index is 0.0721. The Bertz CT molecular complexity index is 2300. The number of carbonyl (C=O) groups is 1. The summed E-state index contributed by atoms with van der Waals surface area (Å²) in [6.45, 7) is 4.23. The molecule has 0 aliphatic carbocycles. The van der Waals surface area contributed by atoms with Gasteiger partial charge in [0.05, 0.1) is 38.8 Å². The van der Waals surface area contributed by atoms with Crippen LogP contribution < -0.4 is 30.6 Å². The highest BCUT2D eigenvalue weighted by Crippen LogP contribution is 2.32. The summed E-state index contributed by atoms with van der Waals surface area (Å²) in [6.07, 6.45) is 4.03. The maximum Gasteiger partial charge on any atom is 0.328 e. The van der Waals surface area contributed by atoms with Crippen LogP contribution >= 0.6 is 0 Å². The lowest BCUT2D eigenvalue weighted by molar-refractivity contribution is 0.0165. The van der Waals surface area contributed by atoms with Gasteiger partial charge in [-0.3, -0.25) is 14.0 Å². The number of fused-ring (bicyclic) bond motifs is 3. The van der Waals surface area contributed by atoms with E-state index in [-0.39, 0.29) is 23.5 Å². The van der Waals surface area contributed by atoms with E-state index in [1.165, 1.54) is 20.3 Å². The first-order chi connectivity index (χ1) is 24.5. The Morgan fingerprint density at radius 2 is 1.88 bits per heavy atom. The van der Waals surface area contributed by atoms with Crippen molar-refractivity contribution in [3.63, 3.8) is 0 Å². The smallest absolute Gasteiger partial charge is 0.328 e. The Kier molecular flexibility index (Phi) is 8.64. The van der Waals surface area contributed by atoms with Gasteiger partial charge in [0.15, 0.2) is 11.5 Å². The number of anilines is 3. The van der Waals surface area contributed by atoms with Crippen molar-refractivity contribution in [1.29, 1.82) is 0 Å². The number of methoxy groups -OCH3 is 2. The molecule has 17 nitrogen and oxygen atoms in total. The van der Waals surface area contributed by atoms with Gasteiger partial charge in [0.2, 0.25) is 0 Å². The number of aryl methyl sites for hydroxylation is 3. The molecule has 2 atom stereocenters. The molecule has 0 unspecified atom stereocenters. The van der Waals surface area contributed by atoms with Gasteiger partial charge < -0.3 is 29.7 Å². The third kappa shape index (κ3) is 6.34. The molecule has 0 saturated carbocycles. The van der Waals surface area contributed by atoms with E-state index in [1.54, 1.807) is 50.5 Å². The van der Waals surface area contributed by atoms with Gasteiger partial charge in [0, 0.05) is 63.3 Å². The predicted octanol–water partition coefficient (Wildman–Crippen LogP) is 3.37. The van der Waals surface area contributed by atoms with E-state index in [9.17, 15) is 9.59 Å². The number of carbonyl (C=O) groups excluding carboxylic acids is 1. The summed E-state index contributed by atoms with van der Waals surface area (Å²) in [5.41, 5.74) is 4.25. The van der Waals surface area contributed by atoms with Crippen LogP contribution in [0.3, 0.4) is 0 Å². The van der Waals surface area contributed by atoms with Crippen molar-refractivity contribution in [2.45, 2.75) is 39.1 Å². The number of pyridine rings is 2. The Balaban J connectivity index is 1.38. The summed E-state index contributed by atoms with van der Waals surface area (Å²) in [5.74, 6) is 2.10. The zero-order valence-electron chi connectivity index (χ0n) is 29.3. The highest BCUT2D eigenvalue weighted by atomic mass is 16.5. The predicted molar refractivity (Wildman–Crippen MR) is 188 cm³/mol. The number of nitrogens with one attached hydrogen (secondary N) is 2. The lowest BCUT2D eigenvalue weighted by atomic mass is 10.1. The van der Waals surface area contributed by atoms with Gasteiger partial charge in [-0.1, -0.05) is 0 Å². The molecule has 5 aromatic heterocycles. The van der Waals surface area contributed by atoms with Gasteiger partial charge in [0.25, 0.3) is 5.56 Å². The molecular formula is C34H38N12O5. The first-order valence-corrected chi connectivity index (χ1v) is 16.2. The summed E-state index contributed by atoms with van der Waals surface area (Å²) in [6, 6.07) is 9.94. The van der Waals surface area contributed by atoms with Crippen molar-refractivity contribution < 1.29 is 19.0 Å². The molecule has 1 aromatic carbocycles. The van der Waals surface area contributed by atoms with Crippen LogP contribution in [0.1, 0.15) is 35.5 Å². The number of rotatable bonds is 7. The van der Waals surface area contributed by atoms with Crippen LogP contribution in [-0.2, 0) is 32.0 Å². The van der Waals surface area contributed by atoms with Crippen molar-refractivity contribution in [3.8, 4) is 17.3 Å². The van der Waals surface area contributed by atoms with Crippen LogP contribution in [0.2, 0.25) is 0 Å². The second kappa shape index (κ2) is 13.2. The molecule has 7 rings (SSSR count). The van der Waals surface area contributed by atoms with Crippen molar-refractivity contribution in [2.75, 3.05) is 31.5 Å². The topological polar surface area (TPSA) is 173 Å². The van der Waals surface area contributed by atoms with Crippen LogP contribution in [0.25, 0.3) is 17.0 Å². The Labute approximate surface area is 292 Å². The fraction of sp³-hybridized carbons (Fsp3) is 0.324. The molecule has 17 heteroatoms. The van der Waals surface area contributed by atoms with Gasteiger partial charge in [-0.25, -0.2) is 19.3 Å². The van der Waals surface area contributed by atoms with Crippen molar-refractivity contribution in [2.24, 2.45) is 14.1 Å². The molecule has 0 saturated heterocycles. The van der Waals surface area contributed by atoms with Gasteiger partial charge in [-0.15, -0.1) is 0 Å². The molecule has 264 valence electrons. The molecule has 51 heavy (non-hydrogen) atoms. The van der Waals surface area contributed by atoms with Crippen LogP contribution in [0.4, 0.5) is 22.0 Å². The summed E-state index contributed by atoms with van der Waals surface area (Å²) in [4.78, 5) is 40.8. The summed E-state index contributed by atoms with van der Waals surface area (Å²) < 4.78 is 22.0. The minimum atomic E-state index is -0.695.